The molecule has 0 aromatic heterocycles. The van der Waals surface area contributed by atoms with Crippen LogP contribution in [0.1, 0.15) is 18.4 Å². The van der Waals surface area contributed by atoms with Crippen LogP contribution in [0.15, 0.2) is 18.2 Å². The topological polar surface area (TPSA) is 55.1 Å². The Kier molecular flexibility index (Phi) is 5.22. The summed E-state index contributed by atoms with van der Waals surface area (Å²) in [6.45, 7) is 0.846. The third-order valence-corrected chi connectivity index (χ3v) is 2.37. The Morgan fingerprint density at radius 3 is 2.88 bits per heavy atom. The Morgan fingerprint density at radius 1 is 1.50 bits per heavy atom. The second-order valence-electron chi connectivity index (χ2n) is 3.42. The Morgan fingerprint density at radius 2 is 2.25 bits per heavy atom. The summed E-state index contributed by atoms with van der Waals surface area (Å²) < 4.78 is 12.8. The Hall–Kier alpha value is -1.13. The molecule has 0 atom stereocenters. The lowest BCUT2D eigenvalue weighted by molar-refractivity contribution is -0.121. The Balaban J connectivity index is 2.42. The molecule has 3 nitrogen and oxygen atoms in total. The third kappa shape index (κ3) is 4.16. The number of benzene rings is 1. The normalized spacial score (nSPS) is 10.2. The van der Waals surface area contributed by atoms with E-state index in [0.29, 0.717) is 25.9 Å². The molecule has 1 rings (SSSR count). The van der Waals surface area contributed by atoms with Crippen molar-refractivity contribution in [2.75, 3.05) is 6.54 Å². The van der Waals surface area contributed by atoms with Crippen molar-refractivity contribution < 1.29 is 9.18 Å². The summed E-state index contributed by atoms with van der Waals surface area (Å²) in [7, 11) is 0. The summed E-state index contributed by atoms with van der Waals surface area (Å²) in [6, 6.07) is 4.37. The van der Waals surface area contributed by atoms with E-state index in [1.54, 1.807) is 6.07 Å². The van der Waals surface area contributed by atoms with Crippen LogP contribution >= 0.6 is 11.6 Å². The van der Waals surface area contributed by atoms with Crippen molar-refractivity contribution in [3.8, 4) is 0 Å². The predicted molar refractivity (Wildman–Crippen MR) is 61.5 cm³/mol. The minimum atomic E-state index is -0.458. The fourth-order valence-electron chi connectivity index (χ4n) is 1.20. The summed E-state index contributed by atoms with van der Waals surface area (Å²) >= 11 is 5.61. The van der Waals surface area contributed by atoms with Crippen LogP contribution in [0.2, 0.25) is 5.02 Å². The first-order chi connectivity index (χ1) is 7.63. The molecular weight excluding hydrogens is 231 g/mol. The highest BCUT2D eigenvalue weighted by atomic mass is 35.5. The van der Waals surface area contributed by atoms with E-state index in [9.17, 15) is 9.18 Å². The maximum Gasteiger partial charge on any atom is 0.220 e. The fraction of sp³-hybridized carbons (Fsp3) is 0.364. The average Bonchev–Trinajstić information content (AvgIpc) is 2.28. The van der Waals surface area contributed by atoms with Gasteiger partial charge in [0.2, 0.25) is 5.91 Å². The second kappa shape index (κ2) is 6.45. The zero-order valence-electron chi connectivity index (χ0n) is 8.80. The number of halogens is 2. The predicted octanol–water partition coefficient (Wildman–Crippen LogP) is 1.83. The first-order valence-corrected chi connectivity index (χ1v) is 5.42. The number of hydrogen-bond donors (Lipinski definition) is 2. The number of amides is 1. The van der Waals surface area contributed by atoms with Crippen molar-refractivity contribution in [2.24, 2.45) is 5.73 Å². The first-order valence-electron chi connectivity index (χ1n) is 5.04. The smallest absolute Gasteiger partial charge is 0.220 e. The van der Waals surface area contributed by atoms with Gasteiger partial charge in [-0.25, -0.2) is 4.39 Å². The summed E-state index contributed by atoms with van der Waals surface area (Å²) in [5, 5.41) is 2.77. The van der Waals surface area contributed by atoms with Crippen molar-refractivity contribution >= 4 is 17.5 Å². The summed E-state index contributed by atoms with van der Waals surface area (Å²) in [6.07, 6.45) is 1.07. The maximum absolute atomic E-state index is 12.8. The highest BCUT2D eigenvalue weighted by Gasteiger charge is 2.03. The molecule has 1 aromatic rings. The van der Waals surface area contributed by atoms with Crippen LogP contribution in [-0.2, 0) is 11.3 Å². The van der Waals surface area contributed by atoms with E-state index in [4.69, 9.17) is 17.3 Å². The van der Waals surface area contributed by atoms with Gasteiger partial charge in [-0.3, -0.25) is 4.79 Å². The third-order valence-electron chi connectivity index (χ3n) is 2.08. The summed E-state index contributed by atoms with van der Waals surface area (Å²) in [5.41, 5.74) is 6.05. The zero-order valence-corrected chi connectivity index (χ0v) is 9.56. The minimum absolute atomic E-state index is 0.0636. The van der Waals surface area contributed by atoms with Gasteiger partial charge in [0.1, 0.15) is 5.82 Å². The molecule has 0 heterocycles. The molecule has 0 spiro atoms. The lowest BCUT2D eigenvalue weighted by atomic mass is 10.2. The van der Waals surface area contributed by atoms with Gasteiger partial charge in [-0.15, -0.1) is 0 Å². The average molecular weight is 245 g/mol. The van der Waals surface area contributed by atoms with E-state index in [1.165, 1.54) is 12.1 Å². The van der Waals surface area contributed by atoms with Crippen LogP contribution < -0.4 is 11.1 Å². The molecule has 88 valence electrons. The molecule has 0 aliphatic rings. The molecule has 0 saturated heterocycles. The zero-order chi connectivity index (χ0) is 12.0. The molecule has 0 saturated carbocycles. The minimum Gasteiger partial charge on any atom is -0.352 e. The number of nitrogens with two attached hydrogens (primary N) is 1. The monoisotopic (exact) mass is 244 g/mol. The van der Waals surface area contributed by atoms with Gasteiger partial charge in [-0.1, -0.05) is 17.7 Å². The quantitative estimate of drug-likeness (QED) is 0.830. The van der Waals surface area contributed by atoms with Gasteiger partial charge >= 0.3 is 0 Å². The molecule has 0 fully saturated rings. The number of carbonyl (C=O) groups is 1. The number of carbonyl (C=O) groups excluding carboxylic acids is 1. The van der Waals surface area contributed by atoms with Crippen LogP contribution in [0.3, 0.4) is 0 Å². The van der Waals surface area contributed by atoms with E-state index < -0.39 is 5.82 Å². The fourth-order valence-corrected chi connectivity index (χ4v) is 1.40. The van der Waals surface area contributed by atoms with E-state index in [2.05, 4.69) is 5.32 Å². The van der Waals surface area contributed by atoms with Crippen LogP contribution in [0.5, 0.6) is 0 Å². The Bertz CT molecular complexity index is 371. The van der Waals surface area contributed by atoms with E-state index >= 15 is 0 Å². The molecule has 1 aromatic carbocycles. The first kappa shape index (κ1) is 12.9. The van der Waals surface area contributed by atoms with Gasteiger partial charge in [-0.2, -0.15) is 0 Å². The van der Waals surface area contributed by atoms with E-state index in [1.807, 2.05) is 0 Å². The highest BCUT2D eigenvalue weighted by molar-refractivity contribution is 6.30. The molecule has 0 aliphatic carbocycles. The molecule has 0 bridgehead atoms. The van der Waals surface area contributed by atoms with E-state index in [-0.39, 0.29) is 10.9 Å². The number of hydrogen-bond acceptors (Lipinski definition) is 2. The lowest BCUT2D eigenvalue weighted by Gasteiger charge is -2.05. The van der Waals surface area contributed by atoms with Gasteiger partial charge in [0.25, 0.3) is 0 Å². The largest absolute Gasteiger partial charge is 0.352 e. The van der Waals surface area contributed by atoms with Crippen molar-refractivity contribution in [1.82, 2.24) is 5.32 Å². The standard InChI is InChI=1S/C11H14ClFN2O/c12-9-6-8(3-4-10(9)13)7-15-11(16)2-1-5-14/h3-4,6H,1-2,5,7,14H2,(H,15,16). The van der Waals surface area contributed by atoms with Gasteiger partial charge in [0.15, 0.2) is 0 Å². The molecule has 1 amide bonds. The molecule has 16 heavy (non-hydrogen) atoms. The van der Waals surface area contributed by atoms with Crippen LogP contribution in [0.25, 0.3) is 0 Å². The van der Waals surface area contributed by atoms with Gasteiger partial charge in [-0.05, 0) is 30.7 Å². The molecule has 5 heteroatoms. The summed E-state index contributed by atoms with van der Waals surface area (Å²) in [5.74, 6) is -0.522. The van der Waals surface area contributed by atoms with Crippen molar-refractivity contribution in [1.29, 1.82) is 0 Å². The van der Waals surface area contributed by atoms with Crippen molar-refractivity contribution in [3.63, 3.8) is 0 Å². The number of rotatable bonds is 5. The Labute approximate surface area is 98.8 Å². The van der Waals surface area contributed by atoms with Crippen molar-refractivity contribution in [2.45, 2.75) is 19.4 Å². The summed E-state index contributed by atoms with van der Waals surface area (Å²) in [4.78, 5) is 11.3. The van der Waals surface area contributed by atoms with Crippen LogP contribution in [0.4, 0.5) is 4.39 Å². The highest BCUT2D eigenvalue weighted by Crippen LogP contribution is 2.15. The molecule has 3 N–H and O–H groups in total. The number of nitrogens with one attached hydrogen (secondary N) is 1. The van der Waals surface area contributed by atoms with Crippen LogP contribution in [0, 0.1) is 5.82 Å². The van der Waals surface area contributed by atoms with Gasteiger partial charge < -0.3 is 11.1 Å². The molecule has 0 aliphatic heterocycles. The molecule has 0 radical (unpaired) electrons. The second-order valence-corrected chi connectivity index (χ2v) is 3.82. The SMILES string of the molecule is NCCCC(=O)NCc1ccc(F)c(Cl)c1. The molecular formula is C11H14ClFN2O. The maximum atomic E-state index is 12.8. The van der Waals surface area contributed by atoms with Crippen molar-refractivity contribution in [3.05, 3.63) is 34.6 Å². The molecule has 0 unspecified atom stereocenters. The lowest BCUT2D eigenvalue weighted by Crippen LogP contribution is -2.23. The van der Waals surface area contributed by atoms with Gasteiger partial charge in [0, 0.05) is 13.0 Å². The van der Waals surface area contributed by atoms with Crippen LogP contribution in [-0.4, -0.2) is 12.5 Å². The van der Waals surface area contributed by atoms with E-state index in [0.717, 1.165) is 5.56 Å². The van der Waals surface area contributed by atoms with Gasteiger partial charge in [0.05, 0.1) is 5.02 Å².